The third-order valence-electron chi connectivity index (χ3n) is 5.12. The number of benzene rings is 4. The fourth-order valence-corrected chi connectivity index (χ4v) is 4.74. The maximum atomic E-state index is 13.6. The first-order valence-corrected chi connectivity index (χ1v) is 12.4. The van der Waals surface area contributed by atoms with Crippen molar-refractivity contribution in [3.63, 3.8) is 0 Å². The van der Waals surface area contributed by atoms with E-state index < -0.39 is 0 Å². The van der Waals surface area contributed by atoms with E-state index in [0.29, 0.717) is 42.1 Å². The highest BCUT2D eigenvalue weighted by atomic mass is 35.5. The maximum Gasteiger partial charge on any atom is 0.199 e. The molecule has 0 N–H and O–H groups in total. The third-order valence-corrected chi connectivity index (χ3v) is 6.86. The number of halogens is 2. The first kappa shape index (κ1) is 24.7. The molecule has 0 bridgehead atoms. The van der Waals surface area contributed by atoms with Gasteiger partial charge >= 0.3 is 0 Å². The van der Waals surface area contributed by atoms with E-state index in [-0.39, 0.29) is 11.6 Å². The van der Waals surface area contributed by atoms with Crippen molar-refractivity contribution in [2.45, 2.75) is 0 Å². The van der Waals surface area contributed by atoms with Crippen molar-refractivity contribution in [3.05, 3.63) is 151 Å². The van der Waals surface area contributed by atoms with E-state index in [2.05, 4.69) is 0 Å². The zero-order valence-electron chi connectivity index (χ0n) is 18.5. The Morgan fingerprint density at radius 3 is 1.23 bits per heavy atom. The van der Waals surface area contributed by atoms with Crippen molar-refractivity contribution < 1.29 is 9.59 Å². The minimum atomic E-state index is -0.207. The Balaban J connectivity index is 1.84. The Kier molecular flexibility index (Phi) is 8.38. The molecule has 0 saturated heterocycles. The molecular weight excluding hydrogens is 495 g/mol. The molecule has 0 amide bonds. The van der Waals surface area contributed by atoms with Crippen LogP contribution in [0.2, 0.25) is 10.0 Å². The summed E-state index contributed by atoms with van der Waals surface area (Å²) in [6, 6.07) is 32.5. The fraction of sp³-hybridized carbons (Fsp3) is 0. The number of hydrogen-bond acceptors (Lipinski definition) is 3. The monoisotopic (exact) mass is 514 g/mol. The average Bonchev–Trinajstić information content (AvgIpc) is 2.90. The van der Waals surface area contributed by atoms with E-state index >= 15 is 0 Å². The van der Waals surface area contributed by atoms with Gasteiger partial charge in [-0.2, -0.15) is 0 Å². The molecule has 0 saturated carbocycles. The van der Waals surface area contributed by atoms with Crippen LogP contribution in [0.4, 0.5) is 0 Å². The van der Waals surface area contributed by atoms with E-state index in [9.17, 15) is 9.59 Å². The van der Waals surface area contributed by atoms with Gasteiger partial charge in [-0.1, -0.05) is 132 Å². The smallest absolute Gasteiger partial charge is 0.199 e. The van der Waals surface area contributed by atoms with Gasteiger partial charge in [0.1, 0.15) is 0 Å². The standard InChI is InChI=1S/C30H20Cl2O2S/c31-25-17-9-7-15-23(25)19-27(29(33)21-11-3-1-4-12-21)35-28(20-24-16-8-10-18-26(24)32)30(34)22-13-5-2-6-14-22/h1-20H/b27-19-,28-20?. The fourth-order valence-electron chi connectivity index (χ4n) is 3.33. The van der Waals surface area contributed by atoms with Crippen LogP contribution in [0.15, 0.2) is 119 Å². The van der Waals surface area contributed by atoms with Crippen molar-refractivity contribution in [1.82, 2.24) is 0 Å². The summed E-state index contributed by atoms with van der Waals surface area (Å²) in [5, 5.41) is 1.02. The zero-order chi connectivity index (χ0) is 24.6. The molecule has 0 aliphatic carbocycles. The Morgan fingerprint density at radius 2 is 0.857 bits per heavy atom. The largest absolute Gasteiger partial charge is 0.288 e. The predicted octanol–water partition coefficient (Wildman–Crippen LogP) is 8.87. The number of carbonyl (C=O) groups excluding carboxylic acids is 2. The van der Waals surface area contributed by atoms with Gasteiger partial charge in [-0.15, -0.1) is 0 Å². The van der Waals surface area contributed by atoms with Crippen LogP contribution in [0.3, 0.4) is 0 Å². The molecule has 4 rings (SSSR count). The van der Waals surface area contributed by atoms with Gasteiger partial charge in [0.05, 0.1) is 9.81 Å². The number of allylic oxidation sites excluding steroid dienone is 2. The first-order chi connectivity index (χ1) is 17.0. The summed E-state index contributed by atoms with van der Waals surface area (Å²) >= 11 is 13.9. The van der Waals surface area contributed by atoms with Crippen molar-refractivity contribution in [2.24, 2.45) is 0 Å². The molecule has 4 aromatic carbocycles. The van der Waals surface area contributed by atoms with E-state index in [1.54, 1.807) is 72.8 Å². The number of ketones is 2. The molecule has 35 heavy (non-hydrogen) atoms. The number of hydrogen-bond donors (Lipinski definition) is 0. The van der Waals surface area contributed by atoms with Crippen LogP contribution in [0.25, 0.3) is 12.2 Å². The summed E-state index contributed by atoms with van der Waals surface area (Å²) < 4.78 is 0. The minimum Gasteiger partial charge on any atom is -0.288 e. The summed E-state index contributed by atoms with van der Waals surface area (Å²) in [6.45, 7) is 0. The second kappa shape index (κ2) is 11.9. The molecule has 0 spiro atoms. The lowest BCUT2D eigenvalue weighted by Gasteiger charge is -2.12. The van der Waals surface area contributed by atoms with Gasteiger partial charge in [0, 0.05) is 21.2 Å². The molecule has 2 nitrogen and oxygen atoms in total. The van der Waals surface area contributed by atoms with Gasteiger partial charge < -0.3 is 0 Å². The molecule has 0 fully saturated rings. The lowest BCUT2D eigenvalue weighted by Crippen LogP contribution is -2.06. The quantitative estimate of drug-likeness (QED) is 0.174. The average molecular weight is 515 g/mol. The normalized spacial score (nSPS) is 11.8. The molecule has 0 radical (unpaired) electrons. The lowest BCUT2D eigenvalue weighted by molar-refractivity contribution is 0.103. The summed E-state index contributed by atoms with van der Waals surface area (Å²) in [5.41, 5.74) is 2.40. The SMILES string of the molecule is O=C(C(=Cc1ccccc1Cl)S/C(=C\c1ccccc1Cl)C(=O)c1ccccc1)c1ccccc1. The molecule has 4 aromatic rings. The van der Waals surface area contributed by atoms with Crippen LogP contribution >= 0.6 is 35.0 Å². The minimum absolute atomic E-state index is 0.207. The Morgan fingerprint density at radius 1 is 0.514 bits per heavy atom. The van der Waals surface area contributed by atoms with E-state index in [4.69, 9.17) is 23.2 Å². The van der Waals surface area contributed by atoms with Crippen molar-refractivity contribution >= 4 is 58.7 Å². The number of thioether (sulfide) groups is 1. The highest BCUT2D eigenvalue weighted by molar-refractivity contribution is 8.08. The molecule has 0 unspecified atom stereocenters. The molecule has 5 heteroatoms. The van der Waals surface area contributed by atoms with Crippen LogP contribution in [0, 0.1) is 0 Å². The summed E-state index contributed by atoms with van der Waals surface area (Å²) in [7, 11) is 0. The summed E-state index contributed by atoms with van der Waals surface area (Å²) in [6.07, 6.45) is 3.45. The highest BCUT2D eigenvalue weighted by Crippen LogP contribution is 2.35. The maximum absolute atomic E-state index is 13.6. The van der Waals surface area contributed by atoms with E-state index in [1.165, 1.54) is 0 Å². The van der Waals surface area contributed by atoms with Crippen LogP contribution in [0.1, 0.15) is 31.8 Å². The Bertz CT molecular complexity index is 1300. The molecule has 0 aliphatic heterocycles. The summed E-state index contributed by atoms with van der Waals surface area (Å²) in [5.74, 6) is -0.414. The topological polar surface area (TPSA) is 34.1 Å². The van der Waals surface area contributed by atoms with Crippen LogP contribution in [-0.4, -0.2) is 11.6 Å². The predicted molar refractivity (Wildman–Crippen MR) is 148 cm³/mol. The molecule has 0 heterocycles. The van der Waals surface area contributed by atoms with E-state index in [0.717, 1.165) is 11.8 Å². The first-order valence-electron chi connectivity index (χ1n) is 10.8. The highest BCUT2D eigenvalue weighted by Gasteiger charge is 2.21. The molecule has 0 aromatic heterocycles. The Labute approximate surface area is 218 Å². The van der Waals surface area contributed by atoms with Gasteiger partial charge in [-0.25, -0.2) is 0 Å². The number of carbonyl (C=O) groups is 2. The third kappa shape index (κ3) is 6.40. The van der Waals surface area contributed by atoms with Crippen LogP contribution < -0.4 is 0 Å². The molecule has 0 atom stereocenters. The lowest BCUT2D eigenvalue weighted by atomic mass is 10.1. The van der Waals surface area contributed by atoms with Crippen molar-refractivity contribution in [1.29, 1.82) is 0 Å². The number of Topliss-reactive ketones (excluding diaryl/α,β-unsaturated/α-hetero) is 2. The van der Waals surface area contributed by atoms with Gasteiger partial charge in [-0.3, -0.25) is 9.59 Å². The zero-order valence-corrected chi connectivity index (χ0v) is 20.9. The van der Waals surface area contributed by atoms with Crippen molar-refractivity contribution in [3.8, 4) is 0 Å². The molecular formula is C30H20Cl2O2S. The summed E-state index contributed by atoms with van der Waals surface area (Å²) in [4.78, 5) is 27.9. The Hall–Kier alpha value is -3.37. The van der Waals surface area contributed by atoms with E-state index in [1.807, 2.05) is 48.5 Å². The van der Waals surface area contributed by atoms with Gasteiger partial charge in [0.25, 0.3) is 0 Å². The van der Waals surface area contributed by atoms with Crippen molar-refractivity contribution in [2.75, 3.05) is 0 Å². The number of rotatable bonds is 8. The van der Waals surface area contributed by atoms with Gasteiger partial charge in [0.2, 0.25) is 0 Å². The van der Waals surface area contributed by atoms with Crippen LogP contribution in [-0.2, 0) is 0 Å². The van der Waals surface area contributed by atoms with Gasteiger partial charge in [0.15, 0.2) is 11.6 Å². The second-order valence-electron chi connectivity index (χ2n) is 7.55. The van der Waals surface area contributed by atoms with Gasteiger partial charge in [-0.05, 0) is 35.4 Å². The molecule has 172 valence electrons. The van der Waals surface area contributed by atoms with Crippen LogP contribution in [0.5, 0.6) is 0 Å². The second-order valence-corrected chi connectivity index (χ2v) is 9.45. The molecule has 0 aliphatic rings.